The number of hydrogen-bond donors (Lipinski definition) is 0. The topological polar surface area (TPSA) is 39.9 Å². The van der Waals surface area contributed by atoms with E-state index in [0.29, 0.717) is 16.1 Å². The molecule has 1 saturated heterocycles. The summed E-state index contributed by atoms with van der Waals surface area (Å²) in [5.41, 5.74) is 0.861. The number of anilines is 1. The summed E-state index contributed by atoms with van der Waals surface area (Å²) < 4.78 is 0. The second-order valence-electron chi connectivity index (χ2n) is 5.27. The molecule has 3 nitrogen and oxygen atoms in total. The van der Waals surface area contributed by atoms with E-state index in [1.54, 1.807) is 6.07 Å². The molecule has 0 saturated carbocycles. The smallest absolute Gasteiger partial charge is 0.149 e. The van der Waals surface area contributed by atoms with Gasteiger partial charge in [0.2, 0.25) is 0 Å². The fourth-order valence-electron chi connectivity index (χ4n) is 2.03. The number of halogens is 1. The second-order valence-corrected chi connectivity index (χ2v) is 5.63. The molecule has 90 valence electrons. The Morgan fingerprint density at radius 1 is 1.35 bits per heavy atom. The van der Waals surface area contributed by atoms with Crippen molar-refractivity contribution in [2.75, 3.05) is 18.0 Å². The van der Waals surface area contributed by atoms with Crippen molar-refractivity contribution in [2.24, 2.45) is 5.41 Å². The lowest BCUT2D eigenvalue weighted by molar-refractivity contribution is 0.279. The number of piperidine rings is 1. The molecule has 2 heterocycles. The summed E-state index contributed by atoms with van der Waals surface area (Å²) in [6, 6.07) is 5.64. The molecule has 0 aromatic carbocycles. The second kappa shape index (κ2) is 4.54. The Bertz CT molecular complexity index is 452. The van der Waals surface area contributed by atoms with Crippen molar-refractivity contribution in [3.8, 4) is 6.07 Å². The van der Waals surface area contributed by atoms with E-state index in [2.05, 4.69) is 23.7 Å². The highest BCUT2D eigenvalue weighted by Gasteiger charge is 2.26. The molecule has 0 atom stereocenters. The largest absolute Gasteiger partial charge is 0.357 e. The van der Waals surface area contributed by atoms with Crippen LogP contribution in [0.4, 0.5) is 5.82 Å². The Morgan fingerprint density at radius 3 is 2.53 bits per heavy atom. The van der Waals surface area contributed by atoms with Gasteiger partial charge in [-0.3, -0.25) is 0 Å². The Hall–Kier alpha value is -1.27. The van der Waals surface area contributed by atoms with Crippen molar-refractivity contribution in [2.45, 2.75) is 26.7 Å². The Labute approximate surface area is 107 Å². The number of hydrogen-bond acceptors (Lipinski definition) is 3. The van der Waals surface area contributed by atoms with E-state index < -0.39 is 0 Å². The SMILES string of the molecule is CC1(C)CCN(c2ccc(C#N)c(Cl)n2)CC1. The highest BCUT2D eigenvalue weighted by molar-refractivity contribution is 6.30. The van der Waals surface area contributed by atoms with Gasteiger partial charge in [0.05, 0.1) is 5.56 Å². The molecule has 0 spiro atoms. The van der Waals surface area contributed by atoms with Crippen LogP contribution in [0.3, 0.4) is 0 Å². The van der Waals surface area contributed by atoms with Crippen molar-refractivity contribution in [3.05, 3.63) is 22.8 Å². The molecule has 1 fully saturated rings. The maximum absolute atomic E-state index is 8.80. The quantitative estimate of drug-likeness (QED) is 0.718. The number of pyridine rings is 1. The molecule has 1 aromatic rings. The minimum absolute atomic E-state index is 0.301. The highest BCUT2D eigenvalue weighted by Crippen LogP contribution is 2.32. The van der Waals surface area contributed by atoms with Crippen molar-refractivity contribution in [1.82, 2.24) is 4.98 Å². The van der Waals surface area contributed by atoms with Crippen LogP contribution in [0.1, 0.15) is 32.3 Å². The maximum atomic E-state index is 8.80. The van der Waals surface area contributed by atoms with Gasteiger partial charge in [-0.1, -0.05) is 25.4 Å². The van der Waals surface area contributed by atoms with Gasteiger partial charge in [0.1, 0.15) is 17.0 Å². The van der Waals surface area contributed by atoms with Gasteiger partial charge in [-0.05, 0) is 30.4 Å². The van der Waals surface area contributed by atoms with Crippen LogP contribution in [0.5, 0.6) is 0 Å². The van der Waals surface area contributed by atoms with Crippen LogP contribution in [0.25, 0.3) is 0 Å². The lowest BCUT2D eigenvalue weighted by atomic mass is 9.83. The van der Waals surface area contributed by atoms with E-state index >= 15 is 0 Å². The van der Waals surface area contributed by atoms with E-state index in [4.69, 9.17) is 16.9 Å². The van der Waals surface area contributed by atoms with Gasteiger partial charge in [0.15, 0.2) is 0 Å². The van der Waals surface area contributed by atoms with Gasteiger partial charge in [-0.2, -0.15) is 5.26 Å². The molecule has 1 aliphatic heterocycles. The van der Waals surface area contributed by atoms with Crippen molar-refractivity contribution in [3.63, 3.8) is 0 Å². The fraction of sp³-hybridized carbons (Fsp3) is 0.538. The lowest BCUT2D eigenvalue weighted by Gasteiger charge is -2.37. The van der Waals surface area contributed by atoms with Crippen LogP contribution in [0, 0.1) is 16.7 Å². The Balaban J connectivity index is 2.14. The van der Waals surface area contributed by atoms with Crippen LogP contribution >= 0.6 is 11.6 Å². The summed E-state index contributed by atoms with van der Waals surface area (Å²) in [6.45, 7) is 6.59. The molecule has 1 aromatic heterocycles. The van der Waals surface area contributed by atoms with Gasteiger partial charge in [0, 0.05) is 13.1 Å². The zero-order chi connectivity index (χ0) is 12.5. The molecule has 0 bridgehead atoms. The number of nitriles is 1. The van der Waals surface area contributed by atoms with Crippen LogP contribution in [-0.4, -0.2) is 18.1 Å². The van der Waals surface area contributed by atoms with Crippen LogP contribution < -0.4 is 4.90 Å². The van der Waals surface area contributed by atoms with Gasteiger partial charge in [-0.15, -0.1) is 0 Å². The molecule has 0 unspecified atom stereocenters. The van der Waals surface area contributed by atoms with Gasteiger partial charge < -0.3 is 4.90 Å². The summed E-state index contributed by atoms with van der Waals surface area (Å²) in [7, 11) is 0. The predicted molar refractivity (Wildman–Crippen MR) is 69.2 cm³/mol. The van der Waals surface area contributed by atoms with E-state index in [1.807, 2.05) is 12.1 Å². The molecule has 0 radical (unpaired) electrons. The molecule has 17 heavy (non-hydrogen) atoms. The third-order valence-corrected chi connectivity index (χ3v) is 3.68. The standard InChI is InChI=1S/C13H16ClN3/c1-13(2)5-7-17(8-6-13)11-4-3-10(9-15)12(14)16-11/h3-4H,5-8H2,1-2H3. The number of rotatable bonds is 1. The van der Waals surface area contributed by atoms with Gasteiger partial charge >= 0.3 is 0 Å². The molecule has 1 aliphatic rings. The third kappa shape index (κ3) is 2.70. The summed E-state index contributed by atoms with van der Waals surface area (Å²) >= 11 is 5.94. The van der Waals surface area contributed by atoms with E-state index in [-0.39, 0.29) is 0 Å². The normalized spacial score (nSPS) is 18.8. The zero-order valence-electron chi connectivity index (χ0n) is 10.2. The van der Waals surface area contributed by atoms with E-state index in [9.17, 15) is 0 Å². The molecular weight excluding hydrogens is 234 g/mol. The zero-order valence-corrected chi connectivity index (χ0v) is 11.0. The molecular formula is C13H16ClN3. The molecule has 4 heteroatoms. The monoisotopic (exact) mass is 249 g/mol. The summed E-state index contributed by atoms with van der Waals surface area (Å²) in [5.74, 6) is 0.879. The Morgan fingerprint density at radius 2 is 2.00 bits per heavy atom. The van der Waals surface area contributed by atoms with Gasteiger partial charge in [0.25, 0.3) is 0 Å². The maximum Gasteiger partial charge on any atom is 0.149 e. The molecule has 0 amide bonds. The first-order valence-electron chi connectivity index (χ1n) is 5.83. The summed E-state index contributed by atoms with van der Waals surface area (Å²) in [6.07, 6.45) is 2.32. The number of aromatic nitrogens is 1. The van der Waals surface area contributed by atoms with Crippen molar-refractivity contribution in [1.29, 1.82) is 5.26 Å². The van der Waals surface area contributed by atoms with Crippen molar-refractivity contribution >= 4 is 17.4 Å². The van der Waals surface area contributed by atoms with Crippen molar-refractivity contribution < 1.29 is 0 Å². The van der Waals surface area contributed by atoms with Crippen LogP contribution in [0.15, 0.2) is 12.1 Å². The number of nitrogens with zero attached hydrogens (tertiary/aromatic N) is 3. The first kappa shape index (κ1) is 12.2. The highest BCUT2D eigenvalue weighted by atomic mass is 35.5. The molecule has 2 rings (SSSR count). The molecule has 0 N–H and O–H groups in total. The molecule has 0 aliphatic carbocycles. The van der Waals surface area contributed by atoms with Gasteiger partial charge in [-0.25, -0.2) is 4.98 Å². The third-order valence-electron chi connectivity index (χ3n) is 3.40. The van der Waals surface area contributed by atoms with Crippen LogP contribution in [-0.2, 0) is 0 Å². The minimum atomic E-state index is 0.301. The Kier molecular flexibility index (Phi) is 3.26. The van der Waals surface area contributed by atoms with E-state index in [0.717, 1.165) is 31.7 Å². The first-order valence-corrected chi connectivity index (χ1v) is 6.21. The van der Waals surface area contributed by atoms with Crippen LogP contribution in [0.2, 0.25) is 5.15 Å². The average Bonchev–Trinajstić information content (AvgIpc) is 2.29. The first-order chi connectivity index (χ1) is 8.02. The predicted octanol–water partition coefficient (Wildman–Crippen LogP) is 3.23. The fourth-order valence-corrected chi connectivity index (χ4v) is 2.22. The summed E-state index contributed by atoms with van der Waals surface area (Å²) in [5, 5.41) is 9.10. The minimum Gasteiger partial charge on any atom is -0.357 e. The average molecular weight is 250 g/mol. The van der Waals surface area contributed by atoms with E-state index in [1.165, 1.54) is 0 Å². The lowest BCUT2D eigenvalue weighted by Crippen LogP contribution is -2.37. The summed E-state index contributed by atoms with van der Waals surface area (Å²) in [4.78, 5) is 6.52.